The van der Waals surface area contributed by atoms with E-state index in [1.807, 2.05) is 13.0 Å². The molecule has 2 rings (SSSR count). The number of alkyl halides is 2. The maximum absolute atomic E-state index is 14.3. The lowest BCUT2D eigenvalue weighted by molar-refractivity contribution is -0.135. The van der Waals surface area contributed by atoms with Gasteiger partial charge in [-0.2, -0.15) is 0 Å². The molecular weight excluding hydrogens is 194 g/mol. The highest BCUT2D eigenvalue weighted by atomic mass is 19.3. The second-order valence-electron chi connectivity index (χ2n) is 5.80. The van der Waals surface area contributed by atoms with Crippen LogP contribution in [-0.4, -0.2) is 5.92 Å². The third kappa shape index (κ3) is 0.957. The van der Waals surface area contributed by atoms with Crippen molar-refractivity contribution in [2.24, 2.45) is 10.8 Å². The van der Waals surface area contributed by atoms with Gasteiger partial charge in [-0.3, -0.25) is 0 Å². The van der Waals surface area contributed by atoms with E-state index in [1.54, 1.807) is 27.7 Å². The van der Waals surface area contributed by atoms with Gasteiger partial charge in [-0.15, -0.1) is 0 Å². The molecule has 2 aliphatic carbocycles. The Balaban J connectivity index is 2.72. The van der Waals surface area contributed by atoms with Crippen LogP contribution < -0.4 is 0 Å². The summed E-state index contributed by atoms with van der Waals surface area (Å²) in [5.74, 6) is -2.66. The molecule has 0 bridgehead atoms. The van der Waals surface area contributed by atoms with E-state index in [0.29, 0.717) is 0 Å². The van der Waals surface area contributed by atoms with Gasteiger partial charge in [0.1, 0.15) is 0 Å². The smallest absolute Gasteiger partial charge is 0.205 e. The molecule has 1 saturated carbocycles. The molecule has 15 heavy (non-hydrogen) atoms. The van der Waals surface area contributed by atoms with Gasteiger partial charge in [-0.1, -0.05) is 11.6 Å². The summed E-state index contributed by atoms with van der Waals surface area (Å²) < 4.78 is 28.6. The lowest BCUT2D eigenvalue weighted by Crippen LogP contribution is -2.41. The summed E-state index contributed by atoms with van der Waals surface area (Å²) in [7, 11) is 0. The molecule has 0 aromatic heterocycles. The Morgan fingerprint density at radius 2 is 1.60 bits per heavy atom. The average molecular weight is 212 g/mol. The van der Waals surface area contributed by atoms with Crippen molar-refractivity contribution in [3.05, 3.63) is 22.8 Å². The molecule has 0 aromatic carbocycles. The second-order valence-corrected chi connectivity index (χ2v) is 5.80. The van der Waals surface area contributed by atoms with E-state index in [0.717, 1.165) is 23.1 Å². The highest BCUT2D eigenvalue weighted by Crippen LogP contribution is 2.67. The van der Waals surface area contributed by atoms with Crippen molar-refractivity contribution in [3.8, 4) is 0 Å². The van der Waals surface area contributed by atoms with E-state index < -0.39 is 16.8 Å². The number of allylic oxidation sites excluding steroid dienone is 4. The third-order valence-corrected chi connectivity index (χ3v) is 4.18. The monoisotopic (exact) mass is 212 g/mol. The fourth-order valence-corrected chi connectivity index (χ4v) is 3.23. The van der Waals surface area contributed by atoms with Gasteiger partial charge in [0.05, 0.1) is 10.8 Å². The van der Waals surface area contributed by atoms with E-state index in [9.17, 15) is 8.78 Å². The van der Waals surface area contributed by atoms with E-state index >= 15 is 0 Å². The molecule has 0 unspecified atom stereocenters. The molecular formula is C13H18F2. The molecule has 0 aromatic rings. The van der Waals surface area contributed by atoms with Crippen LogP contribution in [0.2, 0.25) is 0 Å². The summed E-state index contributed by atoms with van der Waals surface area (Å²) in [6.45, 7) is 8.62. The highest BCUT2D eigenvalue weighted by Gasteiger charge is 2.67. The van der Waals surface area contributed by atoms with Crippen molar-refractivity contribution in [2.45, 2.75) is 47.0 Å². The van der Waals surface area contributed by atoms with Crippen molar-refractivity contribution in [3.63, 3.8) is 0 Å². The Morgan fingerprint density at radius 1 is 1.07 bits per heavy atom. The van der Waals surface area contributed by atoms with Gasteiger partial charge in [0.2, 0.25) is 0 Å². The van der Waals surface area contributed by atoms with E-state index in [4.69, 9.17) is 0 Å². The molecule has 0 radical (unpaired) electrons. The Labute approximate surface area is 90.1 Å². The molecule has 2 aliphatic rings. The molecule has 0 N–H and O–H groups in total. The minimum atomic E-state index is -2.66. The predicted octanol–water partition coefficient (Wildman–Crippen LogP) is 4.33. The Bertz CT molecular complexity index is 381. The van der Waals surface area contributed by atoms with Crippen LogP contribution >= 0.6 is 0 Å². The molecule has 1 fully saturated rings. The van der Waals surface area contributed by atoms with E-state index in [-0.39, 0.29) is 0 Å². The van der Waals surface area contributed by atoms with Crippen LogP contribution in [0.4, 0.5) is 8.78 Å². The molecule has 0 nitrogen and oxygen atoms in total. The van der Waals surface area contributed by atoms with Crippen LogP contribution in [0.3, 0.4) is 0 Å². The summed E-state index contributed by atoms with van der Waals surface area (Å²) >= 11 is 0. The minimum Gasteiger partial charge on any atom is -0.205 e. The first-order valence-electron chi connectivity index (χ1n) is 5.43. The second kappa shape index (κ2) is 2.53. The van der Waals surface area contributed by atoms with Gasteiger partial charge >= 0.3 is 0 Å². The van der Waals surface area contributed by atoms with Crippen LogP contribution in [0.5, 0.6) is 0 Å². The highest BCUT2D eigenvalue weighted by molar-refractivity contribution is 5.56. The molecule has 2 heteroatoms. The molecule has 0 saturated heterocycles. The Morgan fingerprint density at radius 3 is 2.07 bits per heavy atom. The summed E-state index contributed by atoms with van der Waals surface area (Å²) in [5, 5.41) is 0. The first-order valence-corrected chi connectivity index (χ1v) is 5.43. The zero-order valence-corrected chi connectivity index (χ0v) is 10.0. The summed E-state index contributed by atoms with van der Waals surface area (Å²) in [5.41, 5.74) is 0.833. The first-order chi connectivity index (χ1) is 6.64. The molecule has 0 amide bonds. The van der Waals surface area contributed by atoms with E-state index in [2.05, 4.69) is 0 Å². The largest absolute Gasteiger partial charge is 0.266 e. The maximum atomic E-state index is 14.3. The van der Waals surface area contributed by atoms with Crippen LogP contribution in [0, 0.1) is 10.8 Å². The average Bonchev–Trinajstić information content (AvgIpc) is 2.50. The predicted molar refractivity (Wildman–Crippen MR) is 57.9 cm³/mol. The fourth-order valence-electron chi connectivity index (χ4n) is 3.23. The van der Waals surface area contributed by atoms with Crippen molar-refractivity contribution in [1.82, 2.24) is 0 Å². The molecule has 0 aliphatic heterocycles. The SMILES string of the molecule is CC1=C2C(=CC1)C(C)(C)C(F)(F)C2(C)C. The van der Waals surface area contributed by atoms with Gasteiger partial charge in [0.15, 0.2) is 0 Å². The van der Waals surface area contributed by atoms with Crippen molar-refractivity contribution in [2.75, 3.05) is 0 Å². The summed E-state index contributed by atoms with van der Waals surface area (Å²) in [4.78, 5) is 0. The van der Waals surface area contributed by atoms with Gasteiger partial charge in [-0.25, -0.2) is 8.78 Å². The van der Waals surface area contributed by atoms with Crippen LogP contribution in [0.25, 0.3) is 0 Å². The standard InChI is InChI=1S/C13H18F2/c1-8-6-7-9-10(8)12(4,5)13(14,15)11(9,2)3/h7H,6H2,1-5H3. The van der Waals surface area contributed by atoms with Gasteiger partial charge in [0, 0.05) is 0 Å². The lowest BCUT2D eigenvalue weighted by atomic mass is 9.77. The Hall–Kier alpha value is -0.660. The summed E-state index contributed by atoms with van der Waals surface area (Å²) in [6.07, 6.45) is 2.82. The minimum absolute atomic E-state index is 0.841. The quantitative estimate of drug-likeness (QED) is 0.560. The third-order valence-electron chi connectivity index (χ3n) is 4.18. The van der Waals surface area contributed by atoms with E-state index in [1.165, 1.54) is 0 Å². The number of hydrogen-bond donors (Lipinski definition) is 0. The zero-order chi connectivity index (χ0) is 11.6. The normalized spacial score (nSPS) is 30.5. The van der Waals surface area contributed by atoms with Crippen molar-refractivity contribution < 1.29 is 8.78 Å². The number of fused-ring (bicyclic) bond motifs is 1. The number of halogens is 2. The van der Waals surface area contributed by atoms with Gasteiger partial charge in [-0.05, 0) is 52.2 Å². The number of rotatable bonds is 0. The van der Waals surface area contributed by atoms with Crippen LogP contribution in [0.15, 0.2) is 22.8 Å². The van der Waals surface area contributed by atoms with Crippen molar-refractivity contribution in [1.29, 1.82) is 0 Å². The molecule has 0 heterocycles. The van der Waals surface area contributed by atoms with Gasteiger partial charge in [0.25, 0.3) is 5.92 Å². The Kier molecular flexibility index (Phi) is 1.83. The maximum Gasteiger partial charge on any atom is 0.266 e. The molecule has 0 spiro atoms. The van der Waals surface area contributed by atoms with Crippen LogP contribution in [-0.2, 0) is 0 Å². The number of hydrogen-bond acceptors (Lipinski definition) is 0. The van der Waals surface area contributed by atoms with Gasteiger partial charge < -0.3 is 0 Å². The van der Waals surface area contributed by atoms with Crippen molar-refractivity contribution >= 4 is 0 Å². The zero-order valence-electron chi connectivity index (χ0n) is 10.0. The van der Waals surface area contributed by atoms with Crippen LogP contribution in [0.1, 0.15) is 41.0 Å². The summed E-state index contributed by atoms with van der Waals surface area (Å²) in [6, 6.07) is 0. The molecule has 84 valence electrons. The topological polar surface area (TPSA) is 0 Å². The lowest BCUT2D eigenvalue weighted by Gasteiger charge is -2.35. The first kappa shape index (κ1) is 10.8. The molecule has 0 atom stereocenters. The fraction of sp³-hybridized carbons (Fsp3) is 0.692.